The number of halogens is 1. The largest absolute Gasteiger partial charge is 0.505 e. The molecule has 0 fully saturated rings. The number of anilines is 3. The van der Waals surface area contributed by atoms with Gasteiger partial charge in [0, 0.05) is 11.1 Å². The van der Waals surface area contributed by atoms with Gasteiger partial charge in [-0.05, 0) is 65.5 Å². The Morgan fingerprint density at radius 1 is 0.932 bits per heavy atom. The van der Waals surface area contributed by atoms with E-state index in [0.29, 0.717) is 0 Å². The molecule has 0 saturated heterocycles. The van der Waals surface area contributed by atoms with Crippen LogP contribution in [0.15, 0.2) is 68.6 Å². The van der Waals surface area contributed by atoms with E-state index in [0.717, 1.165) is 18.2 Å². The number of hydrogen-bond acceptors (Lipinski definition) is 16. The van der Waals surface area contributed by atoms with Gasteiger partial charge in [-0.25, -0.2) is 12.6 Å². The third-order valence-electron chi connectivity index (χ3n) is 5.41. The average molecular weight is 685 g/mol. The lowest BCUT2D eigenvalue weighted by molar-refractivity contribution is 0.284. The zero-order valence-electron chi connectivity index (χ0n) is 21.5. The molecule has 44 heavy (non-hydrogen) atoms. The highest BCUT2D eigenvalue weighted by Gasteiger charge is 2.23. The minimum absolute atomic E-state index is 0.0136. The van der Waals surface area contributed by atoms with Gasteiger partial charge in [0.15, 0.2) is 21.8 Å². The van der Waals surface area contributed by atoms with Gasteiger partial charge < -0.3 is 10.4 Å². The van der Waals surface area contributed by atoms with Crippen LogP contribution in [0.1, 0.15) is 0 Å². The van der Waals surface area contributed by atoms with Crippen LogP contribution in [-0.4, -0.2) is 66.8 Å². The minimum atomic E-state index is -4.96. The summed E-state index contributed by atoms with van der Waals surface area (Å²) in [5.41, 5.74) is -0.312. The second-order valence-electron chi connectivity index (χ2n) is 8.36. The van der Waals surface area contributed by atoms with Crippen molar-refractivity contribution in [3.05, 3.63) is 53.8 Å². The van der Waals surface area contributed by atoms with E-state index in [2.05, 4.69) is 40.0 Å². The van der Waals surface area contributed by atoms with Crippen molar-refractivity contribution in [2.24, 2.45) is 10.2 Å². The Bertz CT molecular complexity index is 2160. The first-order valence-electron chi connectivity index (χ1n) is 11.5. The molecule has 0 atom stereocenters. The van der Waals surface area contributed by atoms with Gasteiger partial charge >= 0.3 is 10.4 Å². The molecule has 22 heteroatoms. The molecule has 3 aromatic carbocycles. The first-order chi connectivity index (χ1) is 20.6. The highest BCUT2D eigenvalue weighted by atomic mass is 35.5. The van der Waals surface area contributed by atoms with E-state index in [1.807, 2.05) is 0 Å². The summed E-state index contributed by atoms with van der Waals surface area (Å²) in [6, 6.07) is 9.86. The molecule has 0 amide bonds. The smallest absolute Gasteiger partial charge is 0.397 e. The highest BCUT2D eigenvalue weighted by molar-refractivity contribution is 7.91. The number of aromatic hydroxyl groups is 1. The molecule has 5 N–H and O–H groups in total. The van der Waals surface area contributed by atoms with Crippen LogP contribution in [0.3, 0.4) is 0 Å². The maximum absolute atomic E-state index is 12.3. The highest BCUT2D eigenvalue weighted by Crippen LogP contribution is 2.42. The summed E-state index contributed by atoms with van der Waals surface area (Å²) in [5, 5.41) is 32.2. The summed E-state index contributed by atoms with van der Waals surface area (Å²) in [6.45, 7) is -0.827. The van der Waals surface area contributed by atoms with Gasteiger partial charge in [0.1, 0.15) is 10.6 Å². The molecule has 0 aliphatic rings. The summed E-state index contributed by atoms with van der Waals surface area (Å²) in [4.78, 5) is 10.5. The molecule has 0 aliphatic carbocycles. The molecule has 0 bridgehead atoms. The minimum Gasteiger partial charge on any atom is -0.505 e. The molecule has 18 nitrogen and oxygen atoms in total. The number of fused-ring (bicyclic) bond motifs is 1. The first kappa shape index (κ1) is 32.4. The molecular weight excluding hydrogens is 668 g/mol. The topological polar surface area (TPSA) is 284 Å². The van der Waals surface area contributed by atoms with Crippen LogP contribution in [0.4, 0.5) is 29.0 Å². The van der Waals surface area contributed by atoms with E-state index in [-0.39, 0.29) is 44.2 Å². The monoisotopic (exact) mass is 684 g/mol. The molecule has 0 unspecified atom stereocenters. The Morgan fingerprint density at radius 2 is 1.61 bits per heavy atom. The van der Waals surface area contributed by atoms with Crippen molar-refractivity contribution in [1.29, 1.82) is 5.26 Å². The van der Waals surface area contributed by atoms with Crippen molar-refractivity contribution in [3.8, 4) is 11.9 Å². The van der Waals surface area contributed by atoms with Crippen LogP contribution in [0.25, 0.3) is 10.8 Å². The number of nitriles is 1. The number of phenolic OH excluding ortho intramolecular Hbond substituents is 1. The van der Waals surface area contributed by atoms with Gasteiger partial charge in [-0.2, -0.15) is 42.2 Å². The third kappa shape index (κ3) is 8.08. The Labute approximate surface area is 253 Å². The van der Waals surface area contributed by atoms with Crippen molar-refractivity contribution >= 4 is 81.7 Å². The number of benzene rings is 3. The Kier molecular flexibility index (Phi) is 9.25. The van der Waals surface area contributed by atoms with E-state index in [4.69, 9.17) is 21.4 Å². The molecule has 1 aromatic heterocycles. The fourth-order valence-electron chi connectivity index (χ4n) is 3.56. The van der Waals surface area contributed by atoms with Crippen LogP contribution in [-0.2, 0) is 34.5 Å². The van der Waals surface area contributed by atoms with E-state index in [9.17, 15) is 34.9 Å². The standard InChI is InChI=1S/C22H17ClN8O10S3/c23-20-27-21(25-11-24)29-22(28-20)26-14-3-6-16-12(9-14)10-17(43(35,36)37)18(19(16)32)31-30-13-1-4-15(5-2-13)42(33,34)8-7-41-44(38,39)40/h1-6,9-10,32H,7-8H2,(H,35,36,37)(H,38,39,40)(H2,25,26,27,28,29). The van der Waals surface area contributed by atoms with Crippen LogP contribution < -0.4 is 10.6 Å². The Hall–Kier alpha value is -4.56. The van der Waals surface area contributed by atoms with Gasteiger partial charge in [-0.15, -0.1) is 5.11 Å². The summed E-state index contributed by atoms with van der Waals surface area (Å²) < 4.78 is 92.7. The molecule has 0 aliphatic heterocycles. The van der Waals surface area contributed by atoms with Crippen LogP contribution in [0.5, 0.6) is 5.75 Å². The fraction of sp³-hybridized carbons (Fsp3) is 0.0909. The van der Waals surface area contributed by atoms with E-state index >= 15 is 0 Å². The lowest BCUT2D eigenvalue weighted by Crippen LogP contribution is -2.15. The molecule has 0 radical (unpaired) electrons. The maximum Gasteiger partial charge on any atom is 0.397 e. The van der Waals surface area contributed by atoms with Gasteiger partial charge in [0.25, 0.3) is 10.1 Å². The predicted octanol–water partition coefficient (Wildman–Crippen LogP) is 3.28. The molecule has 4 aromatic rings. The molecule has 4 rings (SSSR count). The summed E-state index contributed by atoms with van der Waals surface area (Å²) in [6.07, 6.45) is 1.63. The fourth-order valence-corrected chi connectivity index (χ4v) is 5.86. The SMILES string of the molecule is N#CNc1nc(Cl)nc(Nc2ccc3c(O)c(N=Nc4ccc(S(=O)(=O)CCOS(=O)(=O)O)cc4)c(S(=O)(=O)O)cc3c2)n1. The summed E-state index contributed by atoms with van der Waals surface area (Å²) in [5.74, 6) is -1.64. The van der Waals surface area contributed by atoms with Crippen molar-refractivity contribution in [3.63, 3.8) is 0 Å². The van der Waals surface area contributed by atoms with Gasteiger partial charge in [0.05, 0.1) is 22.9 Å². The molecule has 0 spiro atoms. The van der Waals surface area contributed by atoms with Crippen molar-refractivity contribution in [2.45, 2.75) is 9.79 Å². The first-order valence-corrected chi connectivity index (χ1v) is 16.4. The zero-order valence-corrected chi connectivity index (χ0v) is 24.7. The number of azo groups is 1. The van der Waals surface area contributed by atoms with Crippen LogP contribution >= 0.6 is 11.6 Å². The molecule has 1 heterocycles. The molecule has 230 valence electrons. The summed E-state index contributed by atoms with van der Waals surface area (Å²) >= 11 is 5.83. The maximum atomic E-state index is 12.3. The number of rotatable bonds is 11. The second kappa shape index (κ2) is 12.6. The zero-order chi connectivity index (χ0) is 32.3. The van der Waals surface area contributed by atoms with Gasteiger partial charge in [-0.3, -0.25) is 14.4 Å². The van der Waals surface area contributed by atoms with Gasteiger partial charge in [0.2, 0.25) is 17.2 Å². The lowest BCUT2D eigenvalue weighted by Gasteiger charge is -2.11. The van der Waals surface area contributed by atoms with Crippen molar-refractivity contribution in [2.75, 3.05) is 23.0 Å². The number of sulfone groups is 1. The number of nitrogens with one attached hydrogen (secondary N) is 2. The number of nitrogens with zero attached hydrogens (tertiary/aromatic N) is 6. The summed E-state index contributed by atoms with van der Waals surface area (Å²) in [7, 11) is -13.8. The second-order valence-corrected chi connectivity index (χ2v) is 13.3. The molecule has 0 saturated carbocycles. The quantitative estimate of drug-likeness (QED) is 0.0655. The normalized spacial score (nSPS) is 12.3. The molecular formula is C22H17ClN8O10S3. The van der Waals surface area contributed by atoms with Crippen LogP contribution in [0.2, 0.25) is 5.28 Å². The van der Waals surface area contributed by atoms with E-state index < -0.39 is 59.0 Å². The predicted molar refractivity (Wildman–Crippen MR) is 153 cm³/mol. The van der Waals surface area contributed by atoms with Crippen molar-refractivity contribution < 1.29 is 43.6 Å². The number of phenols is 1. The lowest BCUT2D eigenvalue weighted by atomic mass is 10.1. The van der Waals surface area contributed by atoms with Crippen LogP contribution in [0, 0.1) is 11.5 Å². The average Bonchev–Trinajstić information content (AvgIpc) is 2.91. The number of hydrogen-bond donors (Lipinski definition) is 5. The van der Waals surface area contributed by atoms with E-state index in [1.165, 1.54) is 30.3 Å². The number of aromatic nitrogens is 3. The third-order valence-corrected chi connectivity index (χ3v) is 8.60. The van der Waals surface area contributed by atoms with Gasteiger partial charge in [-0.1, -0.05) is 0 Å². The Balaban J connectivity index is 1.64. The van der Waals surface area contributed by atoms with Crippen molar-refractivity contribution in [1.82, 2.24) is 15.0 Å². The van der Waals surface area contributed by atoms with E-state index in [1.54, 1.807) is 6.19 Å². The Morgan fingerprint density at radius 3 is 2.25 bits per heavy atom.